The lowest BCUT2D eigenvalue weighted by Gasteiger charge is -2.17. The van der Waals surface area contributed by atoms with Crippen LogP contribution in [0.4, 0.5) is 5.69 Å². The third-order valence-corrected chi connectivity index (χ3v) is 3.73. The first-order valence-electron chi connectivity index (χ1n) is 6.94. The van der Waals surface area contributed by atoms with Crippen molar-refractivity contribution in [1.82, 2.24) is 9.97 Å². The molecule has 0 bridgehead atoms. The molecule has 3 rings (SSSR count). The number of hydrogen-bond donors (Lipinski definition) is 1. The number of aromatic amines is 1. The highest BCUT2D eigenvalue weighted by molar-refractivity contribution is 5.81. The van der Waals surface area contributed by atoms with Crippen molar-refractivity contribution in [3.8, 4) is 0 Å². The van der Waals surface area contributed by atoms with Crippen molar-refractivity contribution < 1.29 is 0 Å². The van der Waals surface area contributed by atoms with Crippen LogP contribution in [0.3, 0.4) is 0 Å². The molecular formula is C15H19N3O. The maximum Gasteiger partial charge on any atom is 0.258 e. The number of H-pyrrole nitrogens is 1. The van der Waals surface area contributed by atoms with Gasteiger partial charge in [0.2, 0.25) is 0 Å². The van der Waals surface area contributed by atoms with E-state index in [2.05, 4.69) is 14.9 Å². The lowest BCUT2D eigenvalue weighted by atomic mass is 10.1. The smallest absolute Gasteiger partial charge is 0.258 e. The monoisotopic (exact) mass is 257 g/mol. The molecule has 4 nitrogen and oxygen atoms in total. The van der Waals surface area contributed by atoms with Crippen molar-refractivity contribution in [2.75, 3.05) is 18.0 Å². The number of nitrogens with one attached hydrogen (secondary N) is 1. The number of aromatic nitrogens is 2. The minimum atomic E-state index is -0.0401. The molecule has 1 fully saturated rings. The van der Waals surface area contributed by atoms with E-state index in [1.165, 1.54) is 18.5 Å². The van der Waals surface area contributed by atoms with E-state index in [9.17, 15) is 4.79 Å². The second-order valence-electron chi connectivity index (χ2n) is 5.50. The van der Waals surface area contributed by atoms with E-state index in [1.807, 2.05) is 32.0 Å². The molecule has 19 heavy (non-hydrogen) atoms. The molecule has 1 saturated heterocycles. The number of benzene rings is 1. The second-order valence-corrected chi connectivity index (χ2v) is 5.50. The zero-order chi connectivity index (χ0) is 13.4. The summed E-state index contributed by atoms with van der Waals surface area (Å²) in [5, 5.41) is 0.673. The van der Waals surface area contributed by atoms with Crippen molar-refractivity contribution in [3.63, 3.8) is 0 Å². The predicted octanol–water partition coefficient (Wildman–Crippen LogP) is 2.65. The van der Waals surface area contributed by atoms with E-state index in [0.717, 1.165) is 24.4 Å². The molecule has 2 heterocycles. The summed E-state index contributed by atoms with van der Waals surface area (Å²) in [6, 6.07) is 5.96. The Morgan fingerprint density at radius 3 is 2.68 bits per heavy atom. The zero-order valence-electron chi connectivity index (χ0n) is 11.4. The highest BCUT2D eigenvalue weighted by Gasteiger charge is 2.14. The molecule has 1 aliphatic heterocycles. The van der Waals surface area contributed by atoms with Crippen LogP contribution in [-0.4, -0.2) is 23.1 Å². The maximum absolute atomic E-state index is 12.0. The van der Waals surface area contributed by atoms with Crippen LogP contribution >= 0.6 is 0 Å². The summed E-state index contributed by atoms with van der Waals surface area (Å²) >= 11 is 0. The van der Waals surface area contributed by atoms with Gasteiger partial charge in [-0.3, -0.25) is 4.79 Å². The summed E-state index contributed by atoms with van der Waals surface area (Å²) in [6.45, 7) is 6.28. The summed E-state index contributed by atoms with van der Waals surface area (Å²) in [4.78, 5) is 21.8. The molecule has 0 spiro atoms. The van der Waals surface area contributed by atoms with Gasteiger partial charge in [-0.2, -0.15) is 0 Å². The van der Waals surface area contributed by atoms with Gasteiger partial charge in [-0.1, -0.05) is 13.8 Å². The molecule has 1 N–H and O–H groups in total. The second kappa shape index (κ2) is 4.68. The lowest BCUT2D eigenvalue weighted by Crippen LogP contribution is -2.18. The van der Waals surface area contributed by atoms with Crippen LogP contribution in [0.1, 0.15) is 38.4 Å². The van der Waals surface area contributed by atoms with Gasteiger partial charge in [0.25, 0.3) is 5.56 Å². The first-order chi connectivity index (χ1) is 9.15. The van der Waals surface area contributed by atoms with E-state index in [-0.39, 0.29) is 11.5 Å². The Balaban J connectivity index is 2.12. The quantitative estimate of drug-likeness (QED) is 0.899. The fourth-order valence-electron chi connectivity index (χ4n) is 2.59. The molecule has 0 amide bonds. The Hall–Kier alpha value is -1.84. The lowest BCUT2D eigenvalue weighted by molar-refractivity contribution is 0.776. The minimum Gasteiger partial charge on any atom is -0.371 e. The molecule has 0 atom stereocenters. The van der Waals surface area contributed by atoms with Crippen molar-refractivity contribution in [1.29, 1.82) is 0 Å². The fraction of sp³-hybridized carbons (Fsp3) is 0.467. The Bertz CT molecular complexity index is 654. The molecule has 0 radical (unpaired) electrons. The third kappa shape index (κ3) is 2.23. The van der Waals surface area contributed by atoms with Crippen molar-refractivity contribution in [3.05, 3.63) is 34.4 Å². The van der Waals surface area contributed by atoms with Crippen LogP contribution < -0.4 is 10.5 Å². The highest BCUT2D eigenvalue weighted by atomic mass is 16.1. The average Bonchev–Trinajstić information content (AvgIpc) is 2.91. The minimum absolute atomic E-state index is 0.0401. The number of hydrogen-bond acceptors (Lipinski definition) is 3. The van der Waals surface area contributed by atoms with Crippen LogP contribution in [0.2, 0.25) is 0 Å². The largest absolute Gasteiger partial charge is 0.371 e. The summed E-state index contributed by atoms with van der Waals surface area (Å²) < 4.78 is 0. The van der Waals surface area contributed by atoms with Crippen LogP contribution in [0.25, 0.3) is 10.9 Å². The SMILES string of the molecule is CC(C)c1nc2cc(N3CCCC3)ccc2c(=O)[nH]1. The number of fused-ring (bicyclic) bond motifs is 1. The summed E-state index contributed by atoms with van der Waals surface area (Å²) in [6.07, 6.45) is 2.50. The summed E-state index contributed by atoms with van der Waals surface area (Å²) in [5.74, 6) is 0.989. The number of anilines is 1. The maximum atomic E-state index is 12.0. The average molecular weight is 257 g/mol. The normalized spacial score (nSPS) is 15.6. The highest BCUT2D eigenvalue weighted by Crippen LogP contribution is 2.23. The molecular weight excluding hydrogens is 238 g/mol. The Morgan fingerprint density at radius 1 is 1.26 bits per heavy atom. The van der Waals surface area contributed by atoms with Crippen LogP contribution in [-0.2, 0) is 0 Å². The van der Waals surface area contributed by atoms with Gasteiger partial charge >= 0.3 is 0 Å². The molecule has 0 unspecified atom stereocenters. The molecule has 1 aliphatic rings. The molecule has 4 heteroatoms. The van der Waals surface area contributed by atoms with Crippen LogP contribution in [0, 0.1) is 0 Å². The van der Waals surface area contributed by atoms with E-state index in [1.54, 1.807) is 0 Å². The van der Waals surface area contributed by atoms with Crippen LogP contribution in [0.5, 0.6) is 0 Å². The Kier molecular flexibility index (Phi) is 3.01. The van der Waals surface area contributed by atoms with E-state index < -0.39 is 0 Å². The van der Waals surface area contributed by atoms with Crippen LogP contribution in [0.15, 0.2) is 23.0 Å². The molecule has 100 valence electrons. The predicted molar refractivity (Wildman–Crippen MR) is 77.9 cm³/mol. The van der Waals surface area contributed by atoms with Gasteiger partial charge in [0.15, 0.2) is 0 Å². The summed E-state index contributed by atoms with van der Waals surface area (Å²) in [7, 11) is 0. The van der Waals surface area contributed by atoms with Gasteiger partial charge in [-0.15, -0.1) is 0 Å². The molecule has 2 aromatic rings. The number of nitrogens with zero attached hydrogens (tertiary/aromatic N) is 2. The molecule has 0 saturated carbocycles. The topological polar surface area (TPSA) is 49.0 Å². The van der Waals surface area contributed by atoms with Gasteiger partial charge < -0.3 is 9.88 Å². The Labute approximate surface area is 112 Å². The standard InChI is InChI=1S/C15H19N3O/c1-10(2)14-16-13-9-11(18-7-3-4-8-18)5-6-12(13)15(19)17-14/h5-6,9-10H,3-4,7-8H2,1-2H3,(H,16,17,19). The van der Waals surface area contributed by atoms with Gasteiger partial charge in [0.1, 0.15) is 5.82 Å². The van der Waals surface area contributed by atoms with Crippen molar-refractivity contribution in [2.24, 2.45) is 0 Å². The Morgan fingerprint density at radius 2 is 2.00 bits per heavy atom. The number of rotatable bonds is 2. The fourth-order valence-corrected chi connectivity index (χ4v) is 2.59. The first kappa shape index (κ1) is 12.2. The van der Waals surface area contributed by atoms with Crippen molar-refractivity contribution >= 4 is 16.6 Å². The van der Waals surface area contributed by atoms with Gasteiger partial charge in [0.05, 0.1) is 10.9 Å². The van der Waals surface area contributed by atoms with E-state index in [0.29, 0.717) is 5.39 Å². The van der Waals surface area contributed by atoms with Crippen molar-refractivity contribution in [2.45, 2.75) is 32.6 Å². The molecule has 1 aromatic heterocycles. The molecule has 1 aromatic carbocycles. The van der Waals surface area contributed by atoms with E-state index >= 15 is 0 Å². The third-order valence-electron chi connectivity index (χ3n) is 3.73. The van der Waals surface area contributed by atoms with Gasteiger partial charge in [0, 0.05) is 24.7 Å². The van der Waals surface area contributed by atoms with Gasteiger partial charge in [-0.25, -0.2) is 4.98 Å². The zero-order valence-corrected chi connectivity index (χ0v) is 11.4. The molecule has 0 aliphatic carbocycles. The van der Waals surface area contributed by atoms with Gasteiger partial charge in [-0.05, 0) is 31.0 Å². The van der Waals surface area contributed by atoms with E-state index in [4.69, 9.17) is 0 Å². The first-order valence-corrected chi connectivity index (χ1v) is 6.94. The summed E-state index contributed by atoms with van der Waals surface area (Å²) in [5.41, 5.74) is 1.94.